The van der Waals surface area contributed by atoms with E-state index < -0.39 is 11.7 Å². The maximum atomic E-state index is 15.4. The lowest BCUT2D eigenvalue weighted by atomic mass is 10.0. The normalized spacial score (nSPS) is 12.1. The summed E-state index contributed by atoms with van der Waals surface area (Å²) in [5.41, 5.74) is 4.24. The highest BCUT2D eigenvalue weighted by atomic mass is 32.1. The number of carbonyl (C=O) groups excluding carboxylic acids is 2. The van der Waals surface area contributed by atoms with Crippen molar-refractivity contribution in [1.82, 2.24) is 4.98 Å². The predicted octanol–water partition coefficient (Wildman–Crippen LogP) is 7.41. The van der Waals surface area contributed by atoms with Crippen molar-refractivity contribution < 1.29 is 14.0 Å². The number of nitrogens with one attached hydrogen (secondary N) is 2. The standard InChI is InChI=1S/C31H23FN4O2S/c1-19-16-26(35-30(37)22-10-3-2-9-21(22)28-13-7-15-39-28)24(32)17-23(19)31(38)36-18-20-8-6-14-33-29(20)34-25-11-4-5-12-27(25)36/h2-17H,18H2,1H3,(H,33,34)(H,35,37). The number of hydrogen-bond donors (Lipinski definition) is 2. The van der Waals surface area contributed by atoms with Gasteiger partial charge in [-0.3, -0.25) is 9.59 Å². The minimum Gasteiger partial charge on any atom is -0.338 e. The molecule has 2 amide bonds. The van der Waals surface area contributed by atoms with Gasteiger partial charge in [-0.1, -0.05) is 42.5 Å². The van der Waals surface area contributed by atoms with Crippen molar-refractivity contribution in [1.29, 1.82) is 0 Å². The van der Waals surface area contributed by atoms with Crippen molar-refractivity contribution in [2.45, 2.75) is 13.5 Å². The molecular formula is C31H23FN4O2S. The van der Waals surface area contributed by atoms with Gasteiger partial charge in [0.25, 0.3) is 11.8 Å². The number of hydrogen-bond acceptors (Lipinski definition) is 5. The molecule has 1 aliphatic rings. The minimum absolute atomic E-state index is 0.0162. The van der Waals surface area contributed by atoms with E-state index in [9.17, 15) is 9.59 Å². The quantitative estimate of drug-likeness (QED) is 0.252. The fourth-order valence-corrected chi connectivity index (χ4v) is 5.49. The molecule has 39 heavy (non-hydrogen) atoms. The van der Waals surface area contributed by atoms with E-state index in [4.69, 9.17) is 0 Å². The number of anilines is 4. The van der Waals surface area contributed by atoms with Gasteiger partial charge in [0.05, 0.1) is 23.6 Å². The molecule has 0 bridgehead atoms. The summed E-state index contributed by atoms with van der Waals surface area (Å²) in [5, 5.41) is 7.94. The molecule has 0 aliphatic carbocycles. The van der Waals surface area contributed by atoms with Crippen LogP contribution >= 0.6 is 11.3 Å². The Bertz CT molecular complexity index is 1720. The molecule has 0 atom stereocenters. The summed E-state index contributed by atoms with van der Waals surface area (Å²) < 4.78 is 15.4. The molecule has 0 saturated heterocycles. The molecule has 0 spiro atoms. The van der Waals surface area contributed by atoms with Gasteiger partial charge in [-0.2, -0.15) is 0 Å². The number of halogens is 1. The molecule has 3 heterocycles. The van der Waals surface area contributed by atoms with Crippen LogP contribution in [0, 0.1) is 12.7 Å². The van der Waals surface area contributed by atoms with Crippen LogP contribution in [0.4, 0.5) is 27.3 Å². The van der Waals surface area contributed by atoms with Crippen molar-refractivity contribution >= 4 is 46.0 Å². The second-order valence-electron chi connectivity index (χ2n) is 9.17. The molecule has 5 aromatic rings. The topological polar surface area (TPSA) is 74.3 Å². The number of benzene rings is 3. The second-order valence-corrected chi connectivity index (χ2v) is 10.1. The van der Waals surface area contributed by atoms with Crippen molar-refractivity contribution in [3.05, 3.63) is 125 Å². The Labute approximate surface area is 228 Å². The summed E-state index contributed by atoms with van der Waals surface area (Å²) >= 11 is 1.53. The molecule has 8 heteroatoms. The van der Waals surface area contributed by atoms with E-state index in [-0.39, 0.29) is 23.7 Å². The molecule has 192 valence electrons. The summed E-state index contributed by atoms with van der Waals surface area (Å²) in [5.74, 6) is -0.787. The number of fused-ring (bicyclic) bond motifs is 2. The van der Waals surface area contributed by atoms with Crippen molar-refractivity contribution in [3.8, 4) is 10.4 Å². The van der Waals surface area contributed by atoms with Crippen molar-refractivity contribution in [3.63, 3.8) is 0 Å². The average molecular weight is 535 g/mol. The second kappa shape index (κ2) is 10.2. The first-order valence-corrected chi connectivity index (χ1v) is 13.2. The molecule has 2 N–H and O–H groups in total. The summed E-state index contributed by atoms with van der Waals surface area (Å²) in [4.78, 5) is 34.0. The van der Waals surface area contributed by atoms with E-state index in [0.717, 1.165) is 21.7 Å². The Morgan fingerprint density at radius 1 is 0.974 bits per heavy atom. The summed E-state index contributed by atoms with van der Waals surface area (Å²) in [6.07, 6.45) is 1.69. The molecule has 0 radical (unpaired) electrons. The van der Waals surface area contributed by atoms with E-state index >= 15 is 4.39 Å². The lowest BCUT2D eigenvalue weighted by Crippen LogP contribution is -2.31. The van der Waals surface area contributed by atoms with Gasteiger partial charge in [0, 0.05) is 33.3 Å². The summed E-state index contributed by atoms with van der Waals surface area (Å²) in [6.45, 7) is 2.00. The maximum absolute atomic E-state index is 15.4. The van der Waals surface area contributed by atoms with Crippen molar-refractivity contribution in [2.75, 3.05) is 15.5 Å². The lowest BCUT2D eigenvalue weighted by molar-refractivity contribution is 0.0983. The van der Waals surface area contributed by atoms with Gasteiger partial charge in [0.2, 0.25) is 0 Å². The van der Waals surface area contributed by atoms with Crippen LogP contribution in [-0.2, 0) is 6.54 Å². The van der Waals surface area contributed by atoms with Crippen LogP contribution in [0.25, 0.3) is 10.4 Å². The smallest absolute Gasteiger partial charge is 0.259 e. The minimum atomic E-state index is -0.686. The first kappa shape index (κ1) is 24.5. The molecule has 6 rings (SSSR count). The number of para-hydroxylation sites is 2. The van der Waals surface area contributed by atoms with Crippen LogP contribution in [0.1, 0.15) is 31.8 Å². The van der Waals surface area contributed by atoms with Crippen LogP contribution in [0.3, 0.4) is 0 Å². The number of pyridine rings is 1. The third-order valence-corrected chi connectivity index (χ3v) is 7.57. The Hall–Kier alpha value is -4.82. The van der Waals surface area contributed by atoms with E-state index in [1.807, 2.05) is 66.0 Å². The third-order valence-electron chi connectivity index (χ3n) is 6.66. The summed E-state index contributed by atoms with van der Waals surface area (Å²) in [7, 11) is 0. The van der Waals surface area contributed by atoms with E-state index in [2.05, 4.69) is 15.6 Å². The molecule has 0 fully saturated rings. The van der Waals surface area contributed by atoms with Gasteiger partial charge in [-0.15, -0.1) is 11.3 Å². The van der Waals surface area contributed by atoms with Gasteiger partial charge in [-0.25, -0.2) is 9.37 Å². The number of aryl methyl sites for hydroxylation is 1. The first-order chi connectivity index (χ1) is 19.0. The van der Waals surface area contributed by atoms with E-state index in [0.29, 0.717) is 22.6 Å². The molecule has 2 aromatic heterocycles. The van der Waals surface area contributed by atoms with Crippen LogP contribution < -0.4 is 15.5 Å². The first-order valence-electron chi connectivity index (χ1n) is 12.4. The van der Waals surface area contributed by atoms with E-state index in [1.54, 1.807) is 30.2 Å². The van der Waals surface area contributed by atoms with Gasteiger partial charge in [0.1, 0.15) is 11.6 Å². The van der Waals surface area contributed by atoms with Crippen LogP contribution in [0.5, 0.6) is 0 Å². The SMILES string of the molecule is Cc1cc(NC(=O)c2ccccc2-c2cccs2)c(F)cc1C(=O)N1Cc2cccnc2Nc2ccccc21. The van der Waals surface area contributed by atoms with Gasteiger partial charge in [-0.05, 0) is 60.3 Å². The Morgan fingerprint density at radius 2 is 1.79 bits per heavy atom. The highest BCUT2D eigenvalue weighted by Crippen LogP contribution is 2.36. The largest absolute Gasteiger partial charge is 0.338 e. The van der Waals surface area contributed by atoms with Gasteiger partial charge >= 0.3 is 0 Å². The lowest BCUT2D eigenvalue weighted by Gasteiger charge is -2.24. The number of thiophene rings is 1. The molecule has 0 saturated carbocycles. The number of aromatic nitrogens is 1. The van der Waals surface area contributed by atoms with Crippen molar-refractivity contribution in [2.24, 2.45) is 0 Å². The number of amides is 2. The molecular weight excluding hydrogens is 511 g/mol. The average Bonchev–Trinajstić information content (AvgIpc) is 3.43. The predicted molar refractivity (Wildman–Crippen MR) is 153 cm³/mol. The Morgan fingerprint density at radius 3 is 2.64 bits per heavy atom. The zero-order valence-electron chi connectivity index (χ0n) is 20.9. The van der Waals surface area contributed by atoms with Crippen LogP contribution in [-0.4, -0.2) is 16.8 Å². The highest BCUT2D eigenvalue weighted by Gasteiger charge is 2.27. The maximum Gasteiger partial charge on any atom is 0.259 e. The van der Waals surface area contributed by atoms with Crippen LogP contribution in [0.15, 0.2) is 96.5 Å². The molecule has 0 unspecified atom stereocenters. The Balaban J connectivity index is 1.32. The molecule has 6 nitrogen and oxygen atoms in total. The monoisotopic (exact) mass is 534 g/mol. The fourth-order valence-electron chi connectivity index (χ4n) is 4.73. The Kier molecular flexibility index (Phi) is 6.38. The van der Waals surface area contributed by atoms with Crippen LogP contribution in [0.2, 0.25) is 0 Å². The molecule has 3 aromatic carbocycles. The van der Waals surface area contributed by atoms with Gasteiger partial charge < -0.3 is 15.5 Å². The van der Waals surface area contributed by atoms with E-state index in [1.165, 1.54) is 23.5 Å². The third kappa shape index (κ3) is 4.66. The number of nitrogens with zero attached hydrogens (tertiary/aromatic N) is 2. The highest BCUT2D eigenvalue weighted by molar-refractivity contribution is 7.13. The van der Waals surface area contributed by atoms with Gasteiger partial charge in [0.15, 0.2) is 0 Å². The molecule has 1 aliphatic heterocycles. The fraction of sp³-hybridized carbons (Fsp3) is 0.0645. The number of rotatable bonds is 4. The zero-order valence-corrected chi connectivity index (χ0v) is 21.8. The zero-order chi connectivity index (χ0) is 26.9. The number of carbonyl (C=O) groups is 2. The summed E-state index contributed by atoms with van der Waals surface area (Å²) in [6, 6.07) is 24.9.